The number of aryl methyl sites for hydroxylation is 1. The van der Waals surface area contributed by atoms with Crippen LogP contribution >= 0.6 is 0 Å². The maximum absolute atomic E-state index is 14.6. The molecule has 0 atom stereocenters. The predicted octanol–water partition coefficient (Wildman–Crippen LogP) is 2.42. The molecule has 1 N–H and O–H groups in total. The minimum atomic E-state index is -3.23. The molecule has 0 bridgehead atoms. The second-order valence-corrected chi connectivity index (χ2v) is 10.0. The summed E-state index contributed by atoms with van der Waals surface area (Å²) in [6.45, 7) is 1.42. The summed E-state index contributed by atoms with van der Waals surface area (Å²) >= 11 is 0. The standard InChI is InChI=1S/C20H26FN5O3S/c1-30(28,29)25-11-8-14(9-12-25)20(27)22-15-6-7-17(21)16(13-15)19-24-23-18-5-3-2-4-10-26(18)19/h6-7,13-14H,2-5,8-12H2,1H3,(H,22,27). The van der Waals surface area contributed by atoms with Gasteiger partial charge in [0.1, 0.15) is 11.6 Å². The van der Waals surface area contributed by atoms with Gasteiger partial charge in [-0.1, -0.05) is 6.42 Å². The highest BCUT2D eigenvalue weighted by Gasteiger charge is 2.29. The van der Waals surface area contributed by atoms with Crippen molar-refractivity contribution in [1.29, 1.82) is 0 Å². The summed E-state index contributed by atoms with van der Waals surface area (Å²) in [7, 11) is -3.23. The second kappa shape index (κ2) is 8.43. The van der Waals surface area contributed by atoms with Crippen LogP contribution in [0, 0.1) is 11.7 Å². The third-order valence-electron chi connectivity index (χ3n) is 5.88. The van der Waals surface area contributed by atoms with Crippen LogP contribution in [-0.2, 0) is 27.8 Å². The number of nitrogens with zero attached hydrogens (tertiary/aromatic N) is 4. The normalized spacial score (nSPS) is 18.6. The van der Waals surface area contributed by atoms with Crippen molar-refractivity contribution in [2.75, 3.05) is 24.7 Å². The molecular weight excluding hydrogens is 409 g/mol. The SMILES string of the molecule is CS(=O)(=O)N1CCC(C(=O)Nc2ccc(F)c(-c3nnc4n3CCCCC4)c2)CC1. The van der Waals surface area contributed by atoms with E-state index in [9.17, 15) is 17.6 Å². The molecule has 2 aromatic rings. The number of rotatable bonds is 4. The largest absolute Gasteiger partial charge is 0.326 e. The fraction of sp³-hybridized carbons (Fsp3) is 0.550. The van der Waals surface area contributed by atoms with Crippen molar-refractivity contribution in [1.82, 2.24) is 19.1 Å². The molecule has 30 heavy (non-hydrogen) atoms. The number of aromatic nitrogens is 3. The molecule has 10 heteroatoms. The molecular formula is C20H26FN5O3S. The number of piperidine rings is 1. The maximum atomic E-state index is 14.6. The Morgan fingerprint density at radius 2 is 1.90 bits per heavy atom. The number of amides is 1. The van der Waals surface area contributed by atoms with Crippen LogP contribution in [0.25, 0.3) is 11.4 Å². The lowest BCUT2D eigenvalue weighted by Crippen LogP contribution is -2.40. The highest BCUT2D eigenvalue weighted by atomic mass is 32.2. The van der Waals surface area contributed by atoms with Crippen LogP contribution in [-0.4, -0.2) is 52.7 Å². The molecule has 8 nitrogen and oxygen atoms in total. The van der Waals surface area contributed by atoms with E-state index in [0.29, 0.717) is 43.0 Å². The van der Waals surface area contributed by atoms with Gasteiger partial charge in [0.05, 0.1) is 11.8 Å². The minimum absolute atomic E-state index is 0.180. The van der Waals surface area contributed by atoms with Crippen molar-refractivity contribution in [3.63, 3.8) is 0 Å². The van der Waals surface area contributed by atoms with Gasteiger partial charge in [-0.2, -0.15) is 0 Å². The van der Waals surface area contributed by atoms with E-state index in [1.165, 1.54) is 22.7 Å². The second-order valence-electron chi connectivity index (χ2n) is 8.02. The minimum Gasteiger partial charge on any atom is -0.326 e. The predicted molar refractivity (Wildman–Crippen MR) is 111 cm³/mol. The van der Waals surface area contributed by atoms with Crippen molar-refractivity contribution in [3.8, 4) is 11.4 Å². The lowest BCUT2D eigenvalue weighted by Gasteiger charge is -2.29. The third kappa shape index (κ3) is 4.39. The van der Waals surface area contributed by atoms with Gasteiger partial charge in [0, 0.05) is 37.7 Å². The van der Waals surface area contributed by atoms with Crippen LogP contribution in [0.15, 0.2) is 18.2 Å². The van der Waals surface area contributed by atoms with Crippen LogP contribution in [0.4, 0.5) is 10.1 Å². The number of nitrogens with one attached hydrogen (secondary N) is 1. The number of halogens is 1. The molecule has 0 spiro atoms. The van der Waals surface area contributed by atoms with Gasteiger partial charge in [-0.25, -0.2) is 17.1 Å². The number of anilines is 1. The van der Waals surface area contributed by atoms with Gasteiger partial charge < -0.3 is 9.88 Å². The molecule has 2 aliphatic heterocycles. The first-order valence-corrected chi connectivity index (χ1v) is 12.2. The van der Waals surface area contributed by atoms with Gasteiger partial charge in [-0.3, -0.25) is 4.79 Å². The molecule has 3 heterocycles. The quantitative estimate of drug-likeness (QED) is 0.796. The van der Waals surface area contributed by atoms with Gasteiger partial charge >= 0.3 is 0 Å². The summed E-state index contributed by atoms with van der Waals surface area (Å²) in [5, 5.41) is 11.3. The molecule has 0 saturated carbocycles. The number of carbonyl (C=O) groups excluding carboxylic acids is 1. The van der Waals surface area contributed by atoms with E-state index >= 15 is 0 Å². The molecule has 1 aromatic heterocycles. The van der Waals surface area contributed by atoms with Crippen molar-refractivity contribution in [2.45, 2.75) is 45.1 Å². The topological polar surface area (TPSA) is 97.2 Å². The smallest absolute Gasteiger partial charge is 0.227 e. The first-order valence-electron chi connectivity index (χ1n) is 10.3. The van der Waals surface area contributed by atoms with Gasteiger partial charge in [-0.15, -0.1) is 10.2 Å². The summed E-state index contributed by atoms with van der Waals surface area (Å²) in [5.74, 6) is 0.492. The van der Waals surface area contributed by atoms with E-state index in [0.717, 1.165) is 38.1 Å². The van der Waals surface area contributed by atoms with Gasteiger partial charge in [0.2, 0.25) is 15.9 Å². The molecule has 1 fully saturated rings. The van der Waals surface area contributed by atoms with Crippen LogP contribution in [0.2, 0.25) is 0 Å². The average Bonchev–Trinajstić information content (AvgIpc) is 2.96. The molecule has 1 saturated heterocycles. The Labute approximate surface area is 175 Å². The van der Waals surface area contributed by atoms with E-state index in [-0.39, 0.29) is 11.8 Å². The van der Waals surface area contributed by atoms with E-state index in [1.54, 1.807) is 6.07 Å². The first-order chi connectivity index (χ1) is 14.3. The highest BCUT2D eigenvalue weighted by molar-refractivity contribution is 7.88. The maximum Gasteiger partial charge on any atom is 0.227 e. The number of fused-ring (bicyclic) bond motifs is 1. The first kappa shape index (κ1) is 20.9. The van der Waals surface area contributed by atoms with Crippen LogP contribution in [0.5, 0.6) is 0 Å². The molecule has 1 amide bonds. The summed E-state index contributed by atoms with van der Waals surface area (Å²) in [5.41, 5.74) is 0.813. The number of hydrogen-bond acceptors (Lipinski definition) is 5. The van der Waals surface area contributed by atoms with Crippen molar-refractivity contribution < 1.29 is 17.6 Å². The van der Waals surface area contributed by atoms with E-state index < -0.39 is 15.8 Å². The number of hydrogen-bond donors (Lipinski definition) is 1. The van der Waals surface area contributed by atoms with E-state index in [1.807, 2.05) is 4.57 Å². The zero-order valence-electron chi connectivity index (χ0n) is 17.0. The van der Waals surface area contributed by atoms with Crippen LogP contribution < -0.4 is 5.32 Å². The fourth-order valence-corrected chi connectivity index (χ4v) is 5.03. The lowest BCUT2D eigenvalue weighted by atomic mass is 9.97. The van der Waals surface area contributed by atoms with Gasteiger partial charge in [-0.05, 0) is 43.9 Å². The van der Waals surface area contributed by atoms with Crippen molar-refractivity contribution in [2.24, 2.45) is 5.92 Å². The zero-order chi connectivity index (χ0) is 21.3. The van der Waals surface area contributed by atoms with Crippen molar-refractivity contribution >= 4 is 21.6 Å². The zero-order valence-corrected chi connectivity index (χ0v) is 17.8. The Hall–Kier alpha value is -2.33. The molecule has 0 aliphatic carbocycles. The Bertz CT molecular complexity index is 1040. The van der Waals surface area contributed by atoms with Crippen molar-refractivity contribution in [3.05, 3.63) is 29.8 Å². The Balaban J connectivity index is 1.49. The van der Waals surface area contributed by atoms with Gasteiger partial charge in [0.25, 0.3) is 0 Å². The third-order valence-corrected chi connectivity index (χ3v) is 7.18. The molecule has 2 aliphatic rings. The summed E-state index contributed by atoms with van der Waals surface area (Å²) in [6, 6.07) is 4.46. The molecule has 162 valence electrons. The molecule has 1 aromatic carbocycles. The van der Waals surface area contributed by atoms with Gasteiger partial charge in [0.15, 0.2) is 5.82 Å². The Morgan fingerprint density at radius 3 is 2.63 bits per heavy atom. The van der Waals surface area contributed by atoms with Crippen LogP contribution in [0.3, 0.4) is 0 Å². The highest BCUT2D eigenvalue weighted by Crippen LogP contribution is 2.28. The Kier molecular flexibility index (Phi) is 5.88. The monoisotopic (exact) mass is 435 g/mol. The summed E-state index contributed by atoms with van der Waals surface area (Å²) in [4.78, 5) is 12.7. The average molecular weight is 436 g/mol. The van der Waals surface area contributed by atoms with E-state index in [2.05, 4.69) is 15.5 Å². The van der Waals surface area contributed by atoms with Crippen LogP contribution in [0.1, 0.15) is 37.9 Å². The van der Waals surface area contributed by atoms with E-state index in [4.69, 9.17) is 0 Å². The summed E-state index contributed by atoms with van der Waals surface area (Å²) < 4.78 is 41.2. The molecule has 4 rings (SSSR count). The Morgan fingerprint density at radius 1 is 1.13 bits per heavy atom. The fourth-order valence-electron chi connectivity index (χ4n) is 4.15. The molecule has 0 unspecified atom stereocenters. The lowest BCUT2D eigenvalue weighted by molar-refractivity contribution is -0.120. The number of carbonyl (C=O) groups is 1. The summed E-state index contributed by atoms with van der Waals surface area (Å²) in [6.07, 6.45) is 6.10. The number of sulfonamides is 1. The number of benzene rings is 1. The molecule has 0 radical (unpaired) electrons.